The van der Waals surface area contributed by atoms with Crippen LogP contribution >= 0.6 is 15.9 Å². The number of carbonyl (C=O) groups is 2. The lowest BCUT2D eigenvalue weighted by Crippen LogP contribution is -2.42. The summed E-state index contributed by atoms with van der Waals surface area (Å²) in [5.74, 6) is -0.154. The zero-order valence-corrected chi connectivity index (χ0v) is 19.1. The van der Waals surface area contributed by atoms with Crippen molar-refractivity contribution in [3.05, 3.63) is 64.1 Å². The number of anilines is 1. The molecule has 2 amide bonds. The van der Waals surface area contributed by atoms with Crippen LogP contribution in [0.1, 0.15) is 28.8 Å². The first kappa shape index (κ1) is 22.0. The maximum Gasteiger partial charge on any atom is 0.256 e. The molecule has 0 aliphatic carbocycles. The number of carbonyl (C=O) groups excluding carboxylic acids is 2. The van der Waals surface area contributed by atoms with Crippen LogP contribution in [0, 0.1) is 5.92 Å². The number of hydrogen-bond donors (Lipinski definition) is 1. The minimum atomic E-state index is -0.0873. The van der Waals surface area contributed by atoms with Crippen molar-refractivity contribution < 1.29 is 14.3 Å². The van der Waals surface area contributed by atoms with E-state index in [9.17, 15) is 9.59 Å². The highest BCUT2D eigenvalue weighted by Crippen LogP contribution is 2.23. The van der Waals surface area contributed by atoms with E-state index >= 15 is 0 Å². The first-order valence-corrected chi connectivity index (χ1v) is 11.6. The molecule has 2 aliphatic rings. The van der Waals surface area contributed by atoms with Gasteiger partial charge in [-0.3, -0.25) is 14.5 Å². The molecule has 6 nitrogen and oxygen atoms in total. The summed E-state index contributed by atoms with van der Waals surface area (Å²) in [4.78, 5) is 30.2. The molecule has 0 aromatic heterocycles. The van der Waals surface area contributed by atoms with Gasteiger partial charge in [0.15, 0.2) is 0 Å². The lowest BCUT2D eigenvalue weighted by Gasteiger charge is -2.32. The Morgan fingerprint density at radius 3 is 2.55 bits per heavy atom. The third kappa shape index (κ3) is 5.73. The predicted octanol–water partition coefficient (Wildman–Crippen LogP) is 3.77. The van der Waals surface area contributed by atoms with Gasteiger partial charge in [-0.1, -0.05) is 40.2 Å². The highest BCUT2D eigenvalue weighted by molar-refractivity contribution is 9.10. The molecule has 0 bridgehead atoms. The van der Waals surface area contributed by atoms with Crippen molar-refractivity contribution in [3.63, 3.8) is 0 Å². The van der Waals surface area contributed by atoms with Gasteiger partial charge < -0.3 is 15.0 Å². The Hall–Kier alpha value is -2.22. The van der Waals surface area contributed by atoms with Crippen LogP contribution in [0.2, 0.25) is 0 Å². The summed E-state index contributed by atoms with van der Waals surface area (Å²) < 4.78 is 6.41. The minimum absolute atomic E-state index is 0.0114. The number of morpholine rings is 1. The molecule has 1 N–H and O–H groups in total. The number of hydrogen-bond acceptors (Lipinski definition) is 4. The summed E-state index contributed by atoms with van der Waals surface area (Å²) in [6.45, 7) is 4.81. The Morgan fingerprint density at radius 1 is 1.03 bits per heavy atom. The zero-order valence-electron chi connectivity index (χ0n) is 17.6. The second-order valence-electron chi connectivity index (χ2n) is 8.14. The number of ether oxygens (including phenoxy) is 1. The standard InChI is InChI=1S/C24H28BrN3O3/c25-20-9-7-18(8-10-20)16-27-11-3-4-19(17-27)23(29)26-22-6-2-1-5-21(22)24(30)28-12-14-31-15-13-28/h1-2,5-10,19H,3-4,11-17H2,(H,26,29). The van der Waals surface area contributed by atoms with E-state index in [1.54, 1.807) is 11.0 Å². The molecule has 2 heterocycles. The molecule has 31 heavy (non-hydrogen) atoms. The van der Waals surface area contributed by atoms with Crippen molar-refractivity contribution in [3.8, 4) is 0 Å². The second-order valence-corrected chi connectivity index (χ2v) is 9.06. The SMILES string of the molecule is O=C(Nc1ccccc1C(=O)N1CCOCC1)C1CCCN(Cc2ccc(Br)cc2)C1. The van der Waals surface area contributed by atoms with Crippen molar-refractivity contribution in [1.82, 2.24) is 9.80 Å². The Kier molecular flexibility index (Phi) is 7.37. The number of para-hydroxylation sites is 1. The fraction of sp³-hybridized carbons (Fsp3) is 0.417. The molecule has 164 valence electrons. The quantitative estimate of drug-likeness (QED) is 0.699. The van der Waals surface area contributed by atoms with Gasteiger partial charge in [-0.2, -0.15) is 0 Å². The van der Waals surface area contributed by atoms with Gasteiger partial charge in [0, 0.05) is 30.7 Å². The van der Waals surface area contributed by atoms with E-state index < -0.39 is 0 Å². The van der Waals surface area contributed by atoms with E-state index in [4.69, 9.17) is 4.74 Å². The number of likely N-dealkylation sites (tertiary alicyclic amines) is 1. The summed E-state index contributed by atoms with van der Waals surface area (Å²) in [6.07, 6.45) is 1.85. The van der Waals surface area contributed by atoms with Crippen molar-refractivity contribution in [2.75, 3.05) is 44.7 Å². The van der Waals surface area contributed by atoms with E-state index in [-0.39, 0.29) is 17.7 Å². The molecule has 2 aromatic rings. The Balaban J connectivity index is 1.39. The van der Waals surface area contributed by atoms with E-state index in [1.165, 1.54) is 5.56 Å². The van der Waals surface area contributed by atoms with Crippen LogP contribution in [0.5, 0.6) is 0 Å². The third-order valence-corrected chi connectivity index (χ3v) is 6.44. The average molecular weight is 486 g/mol. The maximum atomic E-state index is 13.1. The van der Waals surface area contributed by atoms with Gasteiger partial charge in [0.25, 0.3) is 5.91 Å². The van der Waals surface area contributed by atoms with Crippen LogP contribution in [0.3, 0.4) is 0 Å². The van der Waals surface area contributed by atoms with E-state index in [0.29, 0.717) is 37.6 Å². The highest BCUT2D eigenvalue weighted by atomic mass is 79.9. The van der Waals surface area contributed by atoms with Crippen molar-refractivity contribution in [1.29, 1.82) is 0 Å². The molecule has 2 fully saturated rings. The Labute approximate surface area is 191 Å². The van der Waals surface area contributed by atoms with Crippen LogP contribution < -0.4 is 5.32 Å². The number of nitrogens with one attached hydrogen (secondary N) is 1. The molecule has 2 aromatic carbocycles. The molecule has 7 heteroatoms. The maximum absolute atomic E-state index is 13.1. The normalized spacial score (nSPS) is 19.8. The topological polar surface area (TPSA) is 61.9 Å². The molecular formula is C24H28BrN3O3. The Morgan fingerprint density at radius 2 is 1.77 bits per heavy atom. The number of rotatable bonds is 5. The summed E-state index contributed by atoms with van der Waals surface area (Å²) in [5.41, 5.74) is 2.38. The molecule has 0 spiro atoms. The van der Waals surface area contributed by atoms with E-state index in [0.717, 1.165) is 36.9 Å². The molecule has 0 saturated carbocycles. The van der Waals surface area contributed by atoms with Gasteiger partial charge in [0.05, 0.1) is 30.4 Å². The van der Waals surface area contributed by atoms with E-state index in [2.05, 4.69) is 38.3 Å². The fourth-order valence-corrected chi connectivity index (χ4v) is 4.48. The first-order chi connectivity index (χ1) is 15.1. The highest BCUT2D eigenvalue weighted by Gasteiger charge is 2.27. The van der Waals surface area contributed by atoms with Gasteiger partial charge in [0.2, 0.25) is 5.91 Å². The minimum Gasteiger partial charge on any atom is -0.378 e. The lowest BCUT2D eigenvalue weighted by atomic mass is 9.96. The fourth-order valence-electron chi connectivity index (χ4n) is 4.21. The number of piperidine rings is 1. The van der Waals surface area contributed by atoms with Crippen LogP contribution in [-0.4, -0.2) is 61.0 Å². The van der Waals surface area contributed by atoms with Crippen LogP contribution in [0.4, 0.5) is 5.69 Å². The monoisotopic (exact) mass is 485 g/mol. The zero-order chi connectivity index (χ0) is 21.6. The molecule has 2 saturated heterocycles. The van der Waals surface area contributed by atoms with Gasteiger partial charge in [-0.15, -0.1) is 0 Å². The van der Waals surface area contributed by atoms with Crippen molar-refractivity contribution in [2.45, 2.75) is 19.4 Å². The van der Waals surface area contributed by atoms with E-state index in [1.807, 2.05) is 30.3 Å². The van der Waals surface area contributed by atoms with Crippen LogP contribution in [0.15, 0.2) is 53.0 Å². The van der Waals surface area contributed by atoms with Crippen molar-refractivity contribution >= 4 is 33.4 Å². The third-order valence-electron chi connectivity index (χ3n) is 5.91. The summed E-state index contributed by atoms with van der Waals surface area (Å²) in [5, 5.41) is 3.04. The molecule has 1 unspecified atom stereocenters. The molecule has 4 rings (SSSR count). The van der Waals surface area contributed by atoms with Gasteiger partial charge in [-0.25, -0.2) is 0 Å². The second kappa shape index (κ2) is 10.4. The molecule has 0 radical (unpaired) electrons. The number of benzene rings is 2. The average Bonchev–Trinajstić information content (AvgIpc) is 2.81. The number of nitrogens with zero attached hydrogens (tertiary/aromatic N) is 2. The van der Waals surface area contributed by atoms with Gasteiger partial charge in [0.1, 0.15) is 0 Å². The summed E-state index contributed by atoms with van der Waals surface area (Å²) in [7, 11) is 0. The smallest absolute Gasteiger partial charge is 0.256 e. The summed E-state index contributed by atoms with van der Waals surface area (Å²) in [6, 6.07) is 15.6. The Bertz CT molecular complexity index is 913. The lowest BCUT2D eigenvalue weighted by molar-refractivity contribution is -0.121. The predicted molar refractivity (Wildman–Crippen MR) is 124 cm³/mol. The van der Waals surface area contributed by atoms with Gasteiger partial charge in [-0.05, 0) is 49.2 Å². The first-order valence-electron chi connectivity index (χ1n) is 10.8. The number of amides is 2. The summed E-state index contributed by atoms with van der Waals surface area (Å²) >= 11 is 3.47. The molecule has 2 aliphatic heterocycles. The molecular weight excluding hydrogens is 458 g/mol. The van der Waals surface area contributed by atoms with Crippen LogP contribution in [-0.2, 0) is 16.1 Å². The van der Waals surface area contributed by atoms with Crippen molar-refractivity contribution in [2.24, 2.45) is 5.92 Å². The van der Waals surface area contributed by atoms with Gasteiger partial charge >= 0.3 is 0 Å². The largest absolute Gasteiger partial charge is 0.378 e. The van der Waals surface area contributed by atoms with Crippen LogP contribution in [0.25, 0.3) is 0 Å². The number of halogens is 1. The molecule has 1 atom stereocenters.